The maximum atomic E-state index is 12.6. The Morgan fingerprint density at radius 1 is 1.00 bits per heavy atom. The molecule has 2 aliphatic rings. The van der Waals surface area contributed by atoms with Gasteiger partial charge in [0, 0.05) is 30.6 Å². The summed E-state index contributed by atoms with van der Waals surface area (Å²) in [7, 11) is 0. The van der Waals surface area contributed by atoms with E-state index >= 15 is 0 Å². The van der Waals surface area contributed by atoms with Crippen molar-refractivity contribution in [1.29, 1.82) is 0 Å². The van der Waals surface area contributed by atoms with Crippen LogP contribution in [0, 0.1) is 5.92 Å². The molecule has 1 aromatic carbocycles. The Hall–Kier alpha value is -2.96. The molecule has 1 saturated heterocycles. The van der Waals surface area contributed by atoms with Gasteiger partial charge in [-0.25, -0.2) is 9.97 Å². The SMILES string of the molecule is O=C(NC1CCCCC1)C1CCN(c2ncc3nc(-c4ccccc4)oc3n2)CC1. The van der Waals surface area contributed by atoms with Crippen molar-refractivity contribution in [3.8, 4) is 11.5 Å². The second kappa shape index (κ2) is 8.42. The number of piperidine rings is 1. The van der Waals surface area contributed by atoms with Gasteiger partial charge in [-0.05, 0) is 37.8 Å². The molecule has 0 atom stereocenters. The van der Waals surface area contributed by atoms with Crippen molar-refractivity contribution >= 4 is 23.1 Å². The molecule has 7 nitrogen and oxygen atoms in total. The van der Waals surface area contributed by atoms with Crippen LogP contribution in [0.5, 0.6) is 0 Å². The minimum absolute atomic E-state index is 0.0851. The summed E-state index contributed by atoms with van der Waals surface area (Å²) in [5, 5.41) is 3.27. The lowest BCUT2D eigenvalue weighted by Gasteiger charge is -2.32. The van der Waals surface area contributed by atoms with Crippen molar-refractivity contribution in [3.63, 3.8) is 0 Å². The molecule has 0 bridgehead atoms. The summed E-state index contributed by atoms with van der Waals surface area (Å²) in [6, 6.07) is 10.2. The van der Waals surface area contributed by atoms with Crippen molar-refractivity contribution in [2.45, 2.75) is 51.0 Å². The smallest absolute Gasteiger partial charge is 0.252 e. The molecule has 0 unspecified atom stereocenters. The lowest BCUT2D eigenvalue weighted by atomic mass is 9.92. The number of carbonyl (C=O) groups excluding carboxylic acids is 1. The molecule has 2 aromatic heterocycles. The standard InChI is InChI=1S/C23H27N5O2/c29-20(25-18-9-5-2-6-10-18)16-11-13-28(14-12-16)23-24-15-19-22(27-23)30-21(26-19)17-7-3-1-4-8-17/h1,3-4,7-8,15-16,18H,2,5-6,9-14H2,(H,25,29). The molecule has 30 heavy (non-hydrogen) atoms. The van der Waals surface area contributed by atoms with E-state index in [0.29, 0.717) is 29.1 Å². The first kappa shape index (κ1) is 19.0. The Morgan fingerprint density at radius 3 is 2.53 bits per heavy atom. The van der Waals surface area contributed by atoms with Crippen LogP contribution < -0.4 is 10.2 Å². The predicted molar refractivity (Wildman–Crippen MR) is 115 cm³/mol. The maximum Gasteiger partial charge on any atom is 0.252 e. The molecule has 0 radical (unpaired) electrons. The van der Waals surface area contributed by atoms with Crippen molar-refractivity contribution in [3.05, 3.63) is 36.5 Å². The van der Waals surface area contributed by atoms with Crippen molar-refractivity contribution in [2.24, 2.45) is 5.92 Å². The van der Waals surface area contributed by atoms with Crippen LogP contribution in [-0.2, 0) is 4.79 Å². The van der Waals surface area contributed by atoms with Crippen LogP contribution in [0.15, 0.2) is 40.9 Å². The number of hydrogen-bond acceptors (Lipinski definition) is 6. The summed E-state index contributed by atoms with van der Waals surface area (Å²) < 4.78 is 5.88. The highest BCUT2D eigenvalue weighted by atomic mass is 16.4. The quantitative estimate of drug-likeness (QED) is 0.708. The second-order valence-electron chi connectivity index (χ2n) is 8.35. The second-order valence-corrected chi connectivity index (χ2v) is 8.35. The number of benzene rings is 1. The Kier molecular flexibility index (Phi) is 5.34. The molecule has 0 spiro atoms. The molecular weight excluding hydrogens is 378 g/mol. The normalized spacial score (nSPS) is 18.6. The molecule has 2 fully saturated rings. The fourth-order valence-corrected chi connectivity index (χ4v) is 4.49. The van der Waals surface area contributed by atoms with Crippen LogP contribution >= 0.6 is 0 Å². The number of oxazole rings is 1. The predicted octanol–water partition coefficient (Wildman–Crippen LogP) is 3.95. The summed E-state index contributed by atoms with van der Waals surface area (Å²) in [5.74, 6) is 1.50. The van der Waals surface area contributed by atoms with Gasteiger partial charge in [-0.3, -0.25) is 4.79 Å². The van der Waals surface area contributed by atoms with E-state index in [1.54, 1.807) is 6.20 Å². The molecule has 5 rings (SSSR count). The fraction of sp³-hybridized carbons (Fsp3) is 0.478. The van der Waals surface area contributed by atoms with Crippen LogP contribution in [0.1, 0.15) is 44.9 Å². The number of hydrogen-bond donors (Lipinski definition) is 1. The zero-order chi connectivity index (χ0) is 20.3. The van der Waals surface area contributed by atoms with Gasteiger partial charge in [0.2, 0.25) is 17.7 Å². The lowest BCUT2D eigenvalue weighted by Crippen LogP contribution is -2.44. The van der Waals surface area contributed by atoms with Gasteiger partial charge in [0.15, 0.2) is 0 Å². The van der Waals surface area contributed by atoms with E-state index in [9.17, 15) is 4.79 Å². The molecule has 1 aliphatic heterocycles. The molecule has 1 N–H and O–H groups in total. The number of aromatic nitrogens is 3. The molecule has 3 heterocycles. The van der Waals surface area contributed by atoms with E-state index in [-0.39, 0.29) is 11.8 Å². The Labute approximate surface area is 175 Å². The first-order valence-corrected chi connectivity index (χ1v) is 11.0. The van der Waals surface area contributed by atoms with Gasteiger partial charge < -0.3 is 14.6 Å². The third-order valence-electron chi connectivity index (χ3n) is 6.26. The van der Waals surface area contributed by atoms with Gasteiger partial charge >= 0.3 is 0 Å². The van der Waals surface area contributed by atoms with E-state index in [0.717, 1.165) is 44.3 Å². The lowest BCUT2D eigenvalue weighted by molar-refractivity contribution is -0.126. The Bertz CT molecular complexity index is 1000. The van der Waals surface area contributed by atoms with Crippen LogP contribution in [0.2, 0.25) is 0 Å². The van der Waals surface area contributed by atoms with E-state index in [1.807, 2.05) is 30.3 Å². The summed E-state index contributed by atoms with van der Waals surface area (Å²) in [6.07, 6.45) is 9.38. The number of rotatable bonds is 4. The summed E-state index contributed by atoms with van der Waals surface area (Å²) in [6.45, 7) is 1.54. The first-order chi connectivity index (χ1) is 14.8. The number of nitrogens with zero attached hydrogens (tertiary/aromatic N) is 4. The molecule has 3 aromatic rings. The van der Waals surface area contributed by atoms with Crippen LogP contribution in [0.4, 0.5) is 5.95 Å². The van der Waals surface area contributed by atoms with Gasteiger partial charge in [0.25, 0.3) is 5.71 Å². The zero-order valence-electron chi connectivity index (χ0n) is 17.1. The maximum absolute atomic E-state index is 12.6. The van der Waals surface area contributed by atoms with Crippen molar-refractivity contribution < 1.29 is 9.21 Å². The van der Waals surface area contributed by atoms with Crippen LogP contribution in [0.25, 0.3) is 22.7 Å². The van der Waals surface area contributed by atoms with Crippen molar-refractivity contribution in [1.82, 2.24) is 20.3 Å². The molecule has 1 amide bonds. The van der Waals surface area contributed by atoms with Gasteiger partial charge in [-0.2, -0.15) is 4.98 Å². The molecule has 156 valence electrons. The van der Waals surface area contributed by atoms with E-state index < -0.39 is 0 Å². The summed E-state index contributed by atoms with van der Waals surface area (Å²) in [4.78, 5) is 28.4. The third-order valence-corrected chi connectivity index (χ3v) is 6.26. The topological polar surface area (TPSA) is 84.2 Å². The average Bonchev–Trinajstić information content (AvgIpc) is 3.24. The highest BCUT2D eigenvalue weighted by Gasteiger charge is 2.28. The van der Waals surface area contributed by atoms with Gasteiger partial charge in [0.1, 0.15) is 5.52 Å². The molecule has 1 saturated carbocycles. The fourth-order valence-electron chi connectivity index (χ4n) is 4.49. The highest BCUT2D eigenvalue weighted by Crippen LogP contribution is 2.26. The number of amides is 1. The average molecular weight is 406 g/mol. The first-order valence-electron chi connectivity index (χ1n) is 11.0. The monoisotopic (exact) mass is 405 g/mol. The number of fused-ring (bicyclic) bond motifs is 1. The van der Waals surface area contributed by atoms with Gasteiger partial charge in [0.05, 0.1) is 6.20 Å². The van der Waals surface area contributed by atoms with Gasteiger partial charge in [-0.1, -0.05) is 37.5 Å². The Balaban J connectivity index is 1.23. The molecule has 7 heteroatoms. The number of anilines is 1. The third kappa shape index (κ3) is 4.01. The zero-order valence-corrected chi connectivity index (χ0v) is 17.1. The van der Waals surface area contributed by atoms with E-state index in [2.05, 4.69) is 25.2 Å². The van der Waals surface area contributed by atoms with Crippen LogP contribution in [-0.4, -0.2) is 40.0 Å². The number of carbonyl (C=O) groups is 1. The molecular formula is C23H27N5O2. The van der Waals surface area contributed by atoms with Crippen molar-refractivity contribution in [2.75, 3.05) is 18.0 Å². The summed E-state index contributed by atoms with van der Waals surface area (Å²) >= 11 is 0. The largest absolute Gasteiger partial charge is 0.417 e. The highest BCUT2D eigenvalue weighted by molar-refractivity contribution is 5.79. The van der Waals surface area contributed by atoms with Crippen LogP contribution in [0.3, 0.4) is 0 Å². The minimum Gasteiger partial charge on any atom is -0.417 e. The van der Waals surface area contributed by atoms with Gasteiger partial charge in [-0.15, -0.1) is 0 Å². The summed E-state index contributed by atoms with van der Waals surface area (Å²) in [5.41, 5.74) is 2.07. The minimum atomic E-state index is 0.0851. The molecule has 1 aliphatic carbocycles. The number of nitrogens with one attached hydrogen (secondary N) is 1. The van der Waals surface area contributed by atoms with E-state index in [1.165, 1.54) is 19.3 Å². The van der Waals surface area contributed by atoms with E-state index in [4.69, 9.17) is 4.42 Å². The Morgan fingerprint density at radius 2 is 1.77 bits per heavy atom.